The van der Waals surface area contributed by atoms with Gasteiger partial charge in [0.1, 0.15) is 12.4 Å². The van der Waals surface area contributed by atoms with Crippen molar-refractivity contribution >= 4 is 29.9 Å². The lowest BCUT2D eigenvalue weighted by Crippen LogP contribution is -2.39. The lowest BCUT2D eigenvalue weighted by atomic mass is 10.0. The molecule has 2 atom stereocenters. The van der Waals surface area contributed by atoms with Gasteiger partial charge in [0.15, 0.2) is 18.2 Å². The molecule has 2 heterocycles. The molecule has 1 aliphatic heterocycles. The second kappa shape index (κ2) is 13.8. The topological polar surface area (TPSA) is 244 Å². The van der Waals surface area contributed by atoms with E-state index in [-0.39, 0.29) is 12.2 Å². The number of hydrogen-bond acceptors (Lipinski definition) is 10. The van der Waals surface area contributed by atoms with Crippen molar-refractivity contribution in [3.8, 4) is 11.1 Å². The first-order chi connectivity index (χ1) is 17.9. The van der Waals surface area contributed by atoms with E-state index in [1.165, 1.54) is 6.07 Å². The van der Waals surface area contributed by atoms with Gasteiger partial charge in [0, 0.05) is 36.0 Å². The number of guanidine groups is 1. The number of carbonyl (C=O) groups is 3. The molecular weight excluding hydrogens is 511 g/mol. The number of benzene rings is 1. The van der Waals surface area contributed by atoms with Crippen molar-refractivity contribution in [1.82, 2.24) is 9.97 Å². The van der Waals surface area contributed by atoms with Crippen molar-refractivity contribution in [2.45, 2.75) is 25.7 Å². The lowest BCUT2D eigenvalue weighted by Gasteiger charge is -2.27. The molecule has 0 spiro atoms. The Morgan fingerprint density at radius 2 is 1.74 bits per heavy atom. The van der Waals surface area contributed by atoms with Gasteiger partial charge in [-0.3, -0.25) is 0 Å². The molecule has 2 aromatic rings. The van der Waals surface area contributed by atoms with Crippen molar-refractivity contribution in [2.24, 2.45) is 16.5 Å². The third-order valence-electron chi connectivity index (χ3n) is 5.01. The van der Waals surface area contributed by atoms with Gasteiger partial charge >= 0.3 is 18.0 Å². The number of anilines is 1. The summed E-state index contributed by atoms with van der Waals surface area (Å²) in [5, 5.41) is 32.5. The fraction of sp³-hybridized carbons (Fsp3) is 0.364. The van der Waals surface area contributed by atoms with Crippen LogP contribution in [-0.4, -0.2) is 92.9 Å². The summed E-state index contributed by atoms with van der Waals surface area (Å²) < 4.78 is 25.1. The smallest absolute Gasteiger partial charge is 0.437 e. The molecule has 1 fully saturated rings. The molecule has 0 radical (unpaired) electrons. The molecule has 15 nitrogen and oxygen atoms in total. The highest BCUT2D eigenvalue weighted by atomic mass is 19.1. The number of aliphatic imine (C=N–C) groups is 1. The number of morpholine rings is 1. The van der Waals surface area contributed by atoms with Crippen LogP contribution in [0, 0.1) is 12.7 Å². The van der Waals surface area contributed by atoms with Gasteiger partial charge in [-0.15, -0.1) is 4.99 Å². The van der Waals surface area contributed by atoms with Crippen LogP contribution >= 0.6 is 0 Å². The quantitative estimate of drug-likeness (QED) is 0.187. The summed E-state index contributed by atoms with van der Waals surface area (Å²) in [6.07, 6.45) is -3.92. The van der Waals surface area contributed by atoms with E-state index in [9.17, 15) is 18.8 Å². The normalized spacial score (nSPS) is 14.4. The van der Waals surface area contributed by atoms with Crippen molar-refractivity contribution in [3.05, 3.63) is 41.5 Å². The van der Waals surface area contributed by atoms with Gasteiger partial charge in [0.05, 0.1) is 18.9 Å². The number of nitrogens with two attached hydrogens (primary N) is 2. The standard InChI is InChI=1S/C18H21FN6O3.C4H6O6/c1-11-14(9-22-17(23-11)25-5-7-27-8-6-25)13-4-2-3-12(15(13)19)10-28-18(26)24-16(20)21;5-1(3(7)8)2(6)4(9)10/h2-4,9H,5-8,10H2,1H3,(H4,20,21,24,26);1-2,5-6H,(H,7,8)(H,9,10)/t;1-,2-/m.1/s1. The number of aliphatic hydroxyl groups is 2. The molecule has 1 amide bonds. The van der Waals surface area contributed by atoms with Crippen LogP contribution in [0.25, 0.3) is 11.1 Å². The fourth-order valence-corrected chi connectivity index (χ4v) is 3.08. The number of hydrogen-bond donors (Lipinski definition) is 6. The third kappa shape index (κ3) is 8.32. The maximum Gasteiger partial charge on any atom is 0.437 e. The van der Waals surface area contributed by atoms with E-state index in [1.807, 2.05) is 4.90 Å². The summed E-state index contributed by atoms with van der Waals surface area (Å²) in [5.74, 6) is -3.89. The molecule has 1 aromatic heterocycles. The van der Waals surface area contributed by atoms with Crippen molar-refractivity contribution in [1.29, 1.82) is 0 Å². The van der Waals surface area contributed by atoms with Crippen LogP contribution in [0.15, 0.2) is 29.4 Å². The predicted octanol–water partition coefficient (Wildman–Crippen LogP) is -0.785. The Morgan fingerprint density at radius 3 is 2.26 bits per heavy atom. The van der Waals surface area contributed by atoms with Crippen molar-refractivity contribution < 1.29 is 48.7 Å². The molecule has 1 aliphatic rings. The van der Waals surface area contributed by atoms with Gasteiger partial charge in [-0.1, -0.05) is 18.2 Å². The molecule has 206 valence electrons. The van der Waals surface area contributed by atoms with E-state index in [0.717, 1.165) is 0 Å². The fourth-order valence-electron chi connectivity index (χ4n) is 3.08. The van der Waals surface area contributed by atoms with E-state index >= 15 is 0 Å². The van der Waals surface area contributed by atoms with Crippen molar-refractivity contribution in [2.75, 3.05) is 31.2 Å². The Hall–Kier alpha value is -4.41. The van der Waals surface area contributed by atoms with Gasteiger partial charge in [0.25, 0.3) is 0 Å². The first-order valence-electron chi connectivity index (χ1n) is 10.9. The number of aliphatic carboxylic acids is 2. The maximum absolute atomic E-state index is 14.9. The van der Waals surface area contributed by atoms with E-state index in [4.69, 9.17) is 41.4 Å². The summed E-state index contributed by atoms with van der Waals surface area (Å²) in [6, 6.07) is 4.80. The van der Waals surface area contributed by atoms with E-state index < -0.39 is 42.0 Å². The highest BCUT2D eigenvalue weighted by molar-refractivity contribution is 5.87. The zero-order valence-electron chi connectivity index (χ0n) is 20.2. The second-order valence-corrected chi connectivity index (χ2v) is 7.70. The zero-order valence-corrected chi connectivity index (χ0v) is 20.2. The summed E-state index contributed by atoms with van der Waals surface area (Å²) in [7, 11) is 0. The SMILES string of the molecule is Cc1nc(N2CCOCC2)ncc1-c1cccc(COC(=O)N=C(N)N)c1F.O=C(O)[C@H](O)[C@@H](O)C(=O)O. The van der Waals surface area contributed by atoms with Gasteiger partial charge in [-0.05, 0) is 6.92 Å². The number of aliphatic hydroxyl groups excluding tert-OH is 2. The largest absolute Gasteiger partial charge is 0.479 e. The number of nitrogens with zero attached hydrogens (tertiary/aromatic N) is 4. The molecular formula is C22H27FN6O9. The van der Waals surface area contributed by atoms with Crippen LogP contribution in [0.5, 0.6) is 0 Å². The van der Waals surface area contributed by atoms with Crippen LogP contribution in [0.4, 0.5) is 15.1 Å². The van der Waals surface area contributed by atoms with Crippen LogP contribution in [0.3, 0.4) is 0 Å². The third-order valence-corrected chi connectivity index (χ3v) is 5.01. The number of amides is 1. The van der Waals surface area contributed by atoms with Gasteiger partial charge < -0.3 is 46.3 Å². The Bertz CT molecular complexity index is 1170. The molecule has 38 heavy (non-hydrogen) atoms. The van der Waals surface area contributed by atoms with Crippen LogP contribution in [0.2, 0.25) is 0 Å². The molecule has 16 heteroatoms. The summed E-state index contributed by atoms with van der Waals surface area (Å²) in [4.78, 5) is 45.1. The van der Waals surface area contributed by atoms with Gasteiger partial charge in [-0.25, -0.2) is 28.7 Å². The minimum absolute atomic E-state index is 0.188. The van der Waals surface area contributed by atoms with Crippen LogP contribution < -0.4 is 16.4 Å². The minimum atomic E-state index is -2.27. The molecule has 8 N–H and O–H groups in total. The molecule has 1 saturated heterocycles. The van der Waals surface area contributed by atoms with E-state index in [2.05, 4.69) is 15.0 Å². The number of carbonyl (C=O) groups excluding carboxylic acids is 1. The average Bonchev–Trinajstić information content (AvgIpc) is 2.87. The molecule has 0 aliphatic carbocycles. The Labute approximate surface area is 215 Å². The molecule has 3 rings (SSSR count). The van der Waals surface area contributed by atoms with E-state index in [0.29, 0.717) is 49.1 Å². The first-order valence-corrected chi connectivity index (χ1v) is 10.9. The molecule has 0 bridgehead atoms. The number of carboxylic acid groups (broad SMARTS) is 2. The number of aryl methyl sites for hydroxylation is 1. The summed E-state index contributed by atoms with van der Waals surface area (Å²) in [5.41, 5.74) is 11.9. The average molecular weight is 538 g/mol. The highest BCUT2D eigenvalue weighted by Crippen LogP contribution is 2.28. The summed E-state index contributed by atoms with van der Waals surface area (Å²) in [6.45, 7) is 4.17. The Kier molecular flexibility index (Phi) is 10.8. The lowest BCUT2D eigenvalue weighted by molar-refractivity contribution is -0.165. The maximum atomic E-state index is 14.9. The Balaban J connectivity index is 0.000000432. The highest BCUT2D eigenvalue weighted by Gasteiger charge is 2.29. The number of halogens is 1. The number of aromatic nitrogens is 2. The minimum Gasteiger partial charge on any atom is -0.479 e. The predicted molar refractivity (Wildman–Crippen MR) is 128 cm³/mol. The zero-order chi connectivity index (χ0) is 28.4. The number of carboxylic acids is 2. The Morgan fingerprint density at radius 1 is 1.13 bits per heavy atom. The van der Waals surface area contributed by atoms with Gasteiger partial charge in [0.2, 0.25) is 5.95 Å². The van der Waals surface area contributed by atoms with Crippen LogP contribution in [0.1, 0.15) is 11.3 Å². The molecule has 0 unspecified atom stereocenters. The molecule has 1 aromatic carbocycles. The monoisotopic (exact) mass is 538 g/mol. The van der Waals surface area contributed by atoms with E-state index in [1.54, 1.807) is 25.3 Å². The van der Waals surface area contributed by atoms with Gasteiger partial charge in [-0.2, -0.15) is 0 Å². The van der Waals surface area contributed by atoms with Crippen LogP contribution in [-0.2, 0) is 25.7 Å². The number of ether oxygens (including phenoxy) is 2. The second-order valence-electron chi connectivity index (χ2n) is 7.70. The molecule has 0 saturated carbocycles. The summed E-state index contributed by atoms with van der Waals surface area (Å²) >= 11 is 0. The first kappa shape index (κ1) is 29.8. The van der Waals surface area contributed by atoms with Crippen molar-refractivity contribution in [3.63, 3.8) is 0 Å². The number of rotatable bonds is 7.